The van der Waals surface area contributed by atoms with Crippen LogP contribution < -0.4 is 20.3 Å². The second-order valence-corrected chi connectivity index (χ2v) is 8.64. The molecule has 2 atom stereocenters. The minimum Gasteiger partial charge on any atom is -0.473 e. The van der Waals surface area contributed by atoms with Gasteiger partial charge in [0, 0.05) is 48.2 Å². The molecule has 3 aliphatic rings. The summed E-state index contributed by atoms with van der Waals surface area (Å²) < 4.78 is 11.9. The fraction of sp³-hybridized carbons (Fsp3) is 0.522. The number of aryl methyl sites for hydroxylation is 1. The Hall–Kier alpha value is -1.73. The summed E-state index contributed by atoms with van der Waals surface area (Å²) in [4.78, 5) is 7.11. The second-order valence-electron chi connectivity index (χ2n) is 8.64. The molecule has 170 valence electrons. The zero-order valence-electron chi connectivity index (χ0n) is 18.3. The van der Waals surface area contributed by atoms with Gasteiger partial charge in [-0.15, -0.1) is 24.8 Å². The lowest BCUT2D eigenvalue weighted by Crippen LogP contribution is -2.44. The molecule has 0 unspecified atom stereocenters. The average molecular weight is 467 g/mol. The number of pyridine rings is 1. The highest BCUT2D eigenvalue weighted by Crippen LogP contribution is 2.47. The SMILES string of the molecule is Cc1cnc(OC(C)C)c(Nc2cc3c4c(c2)[C@@H]2CNCC[C@@H]2N4CCOC3)c1.Cl.Cl. The van der Waals surface area contributed by atoms with Gasteiger partial charge in [-0.25, -0.2) is 4.98 Å². The van der Waals surface area contributed by atoms with Gasteiger partial charge >= 0.3 is 0 Å². The number of fused-ring (bicyclic) bond motifs is 3. The molecule has 5 rings (SSSR count). The van der Waals surface area contributed by atoms with Crippen LogP contribution >= 0.6 is 24.8 Å². The van der Waals surface area contributed by atoms with Crippen molar-refractivity contribution in [3.05, 3.63) is 41.1 Å². The third kappa shape index (κ3) is 4.58. The Morgan fingerprint density at radius 1 is 1.26 bits per heavy atom. The van der Waals surface area contributed by atoms with Crippen LogP contribution in [0.1, 0.15) is 42.9 Å². The van der Waals surface area contributed by atoms with Gasteiger partial charge in [-0.2, -0.15) is 0 Å². The normalized spacial score (nSPS) is 21.4. The van der Waals surface area contributed by atoms with E-state index < -0.39 is 0 Å². The van der Waals surface area contributed by atoms with E-state index in [1.165, 1.54) is 23.2 Å². The Balaban J connectivity index is 0.00000136. The molecular weight excluding hydrogens is 435 g/mol. The Morgan fingerprint density at radius 3 is 2.90 bits per heavy atom. The van der Waals surface area contributed by atoms with Crippen molar-refractivity contribution in [2.45, 2.75) is 51.9 Å². The summed E-state index contributed by atoms with van der Waals surface area (Å²) in [7, 11) is 0. The number of nitrogens with zero attached hydrogens (tertiary/aromatic N) is 2. The molecule has 0 bridgehead atoms. The zero-order valence-corrected chi connectivity index (χ0v) is 19.9. The molecule has 1 saturated heterocycles. The minimum atomic E-state index is 0. The highest BCUT2D eigenvalue weighted by Gasteiger charge is 2.41. The molecule has 0 aliphatic carbocycles. The summed E-state index contributed by atoms with van der Waals surface area (Å²) in [6, 6.07) is 7.26. The lowest BCUT2D eigenvalue weighted by molar-refractivity contribution is 0.130. The standard InChI is InChI=1S/C23H30N4O2.2ClH/c1-14(2)29-23-20(8-15(3)11-25-23)26-17-9-16-13-28-7-6-27-21-4-5-24-12-19(21)18(10-17)22(16)27;;/h8-11,14,19,21,24,26H,4-7,12-13H2,1-3H3;2*1H/t19-,21-;;/m0../s1. The predicted molar refractivity (Wildman–Crippen MR) is 130 cm³/mol. The number of piperidine rings is 1. The van der Waals surface area contributed by atoms with Crippen LogP contribution in [0.15, 0.2) is 24.4 Å². The van der Waals surface area contributed by atoms with Gasteiger partial charge in [0.25, 0.3) is 0 Å². The number of rotatable bonds is 4. The first kappa shape index (κ1) is 23.9. The quantitative estimate of drug-likeness (QED) is 0.688. The highest BCUT2D eigenvalue weighted by atomic mass is 35.5. The summed E-state index contributed by atoms with van der Waals surface area (Å²) in [6.07, 6.45) is 3.12. The van der Waals surface area contributed by atoms with E-state index in [1.54, 1.807) is 0 Å². The number of benzene rings is 1. The molecule has 6 nitrogen and oxygen atoms in total. The van der Waals surface area contributed by atoms with Crippen LogP contribution in [0.2, 0.25) is 0 Å². The largest absolute Gasteiger partial charge is 0.473 e. The monoisotopic (exact) mass is 466 g/mol. The second kappa shape index (κ2) is 9.82. The zero-order chi connectivity index (χ0) is 20.0. The molecule has 1 fully saturated rings. The van der Waals surface area contributed by atoms with E-state index in [0.717, 1.165) is 43.2 Å². The van der Waals surface area contributed by atoms with Crippen LogP contribution in [-0.4, -0.2) is 43.4 Å². The van der Waals surface area contributed by atoms with Gasteiger partial charge in [-0.3, -0.25) is 0 Å². The maximum Gasteiger partial charge on any atom is 0.237 e. The first-order valence-electron chi connectivity index (χ1n) is 10.7. The predicted octanol–water partition coefficient (Wildman–Crippen LogP) is 4.56. The smallest absolute Gasteiger partial charge is 0.237 e. The molecule has 2 aromatic rings. The fourth-order valence-electron chi connectivity index (χ4n) is 4.98. The van der Waals surface area contributed by atoms with E-state index in [2.05, 4.69) is 45.6 Å². The van der Waals surface area contributed by atoms with E-state index in [1.807, 2.05) is 20.0 Å². The molecule has 8 heteroatoms. The van der Waals surface area contributed by atoms with Gasteiger partial charge in [0.15, 0.2) is 0 Å². The first-order chi connectivity index (χ1) is 14.1. The summed E-state index contributed by atoms with van der Waals surface area (Å²) in [5.41, 5.74) is 7.23. The minimum absolute atomic E-state index is 0. The molecule has 1 aromatic carbocycles. The van der Waals surface area contributed by atoms with Gasteiger partial charge in [0.1, 0.15) is 5.69 Å². The van der Waals surface area contributed by atoms with E-state index in [4.69, 9.17) is 9.47 Å². The Bertz CT molecular complexity index is 925. The maximum absolute atomic E-state index is 5.94. The fourth-order valence-corrected chi connectivity index (χ4v) is 4.98. The Kier molecular flexibility index (Phi) is 7.58. The maximum atomic E-state index is 5.94. The topological polar surface area (TPSA) is 58.7 Å². The number of hydrogen-bond donors (Lipinski definition) is 2. The van der Waals surface area contributed by atoms with Crippen molar-refractivity contribution in [3.63, 3.8) is 0 Å². The number of ether oxygens (including phenoxy) is 2. The third-order valence-corrected chi connectivity index (χ3v) is 6.10. The molecular formula is C23H32Cl2N4O2. The van der Waals surface area contributed by atoms with Crippen LogP contribution in [0, 0.1) is 6.92 Å². The Labute approximate surface area is 196 Å². The van der Waals surface area contributed by atoms with Crippen molar-refractivity contribution in [1.29, 1.82) is 0 Å². The molecule has 31 heavy (non-hydrogen) atoms. The first-order valence-corrected chi connectivity index (χ1v) is 10.7. The van der Waals surface area contributed by atoms with Crippen molar-refractivity contribution < 1.29 is 9.47 Å². The number of aromatic nitrogens is 1. The molecule has 2 N–H and O–H groups in total. The average Bonchev–Trinajstić information content (AvgIpc) is 2.85. The van der Waals surface area contributed by atoms with E-state index in [-0.39, 0.29) is 30.9 Å². The van der Waals surface area contributed by atoms with E-state index >= 15 is 0 Å². The summed E-state index contributed by atoms with van der Waals surface area (Å²) in [5.74, 6) is 1.19. The molecule has 0 saturated carbocycles. The molecule has 0 amide bonds. The van der Waals surface area contributed by atoms with E-state index in [0.29, 0.717) is 24.4 Å². The summed E-state index contributed by atoms with van der Waals surface area (Å²) in [5, 5.41) is 7.19. The van der Waals surface area contributed by atoms with Gasteiger partial charge in [-0.1, -0.05) is 0 Å². The number of anilines is 3. The summed E-state index contributed by atoms with van der Waals surface area (Å²) in [6.45, 7) is 10.7. The van der Waals surface area contributed by atoms with Gasteiger partial charge in [0.05, 0.1) is 19.3 Å². The summed E-state index contributed by atoms with van der Waals surface area (Å²) >= 11 is 0. The van der Waals surface area contributed by atoms with Crippen molar-refractivity contribution in [3.8, 4) is 5.88 Å². The van der Waals surface area contributed by atoms with Crippen LogP contribution in [0.3, 0.4) is 0 Å². The van der Waals surface area contributed by atoms with Crippen LogP contribution in [-0.2, 0) is 11.3 Å². The third-order valence-electron chi connectivity index (χ3n) is 6.10. The molecule has 1 aromatic heterocycles. The molecule has 0 radical (unpaired) electrons. The van der Waals surface area contributed by atoms with Crippen molar-refractivity contribution in [1.82, 2.24) is 10.3 Å². The number of nitrogens with one attached hydrogen (secondary N) is 2. The van der Waals surface area contributed by atoms with Crippen molar-refractivity contribution >= 4 is 41.9 Å². The van der Waals surface area contributed by atoms with Gasteiger partial charge in [-0.05, 0) is 63.1 Å². The lowest BCUT2D eigenvalue weighted by atomic mass is 9.89. The lowest BCUT2D eigenvalue weighted by Gasteiger charge is -2.33. The number of hydrogen-bond acceptors (Lipinski definition) is 6. The molecule has 4 heterocycles. The molecule has 3 aliphatic heterocycles. The van der Waals surface area contributed by atoms with E-state index in [9.17, 15) is 0 Å². The highest BCUT2D eigenvalue weighted by molar-refractivity contribution is 5.85. The van der Waals surface area contributed by atoms with Crippen molar-refractivity contribution in [2.24, 2.45) is 0 Å². The van der Waals surface area contributed by atoms with Crippen LogP contribution in [0.25, 0.3) is 0 Å². The van der Waals surface area contributed by atoms with Gasteiger partial charge < -0.3 is 25.0 Å². The van der Waals surface area contributed by atoms with Crippen LogP contribution in [0.4, 0.5) is 17.1 Å². The van der Waals surface area contributed by atoms with Crippen molar-refractivity contribution in [2.75, 3.05) is 36.5 Å². The Morgan fingerprint density at radius 2 is 2.10 bits per heavy atom. The van der Waals surface area contributed by atoms with Crippen LogP contribution in [0.5, 0.6) is 5.88 Å². The molecule has 0 spiro atoms. The number of halogens is 2. The van der Waals surface area contributed by atoms with Gasteiger partial charge in [0.2, 0.25) is 5.88 Å².